The second-order valence-corrected chi connectivity index (χ2v) is 6.21. The molecule has 0 saturated heterocycles. The standard InChI is InChI=1S/C16H17BrFN3/c17-14-7-6-11(18)9-13(14)16(21-19)12-5-1-3-10-4-2-8-20-15(10)12/h2,4,6-9,12,16,21H,1,3,5,19H2. The van der Waals surface area contributed by atoms with Gasteiger partial charge in [0.1, 0.15) is 5.82 Å². The minimum atomic E-state index is -0.259. The van der Waals surface area contributed by atoms with E-state index in [-0.39, 0.29) is 17.8 Å². The Morgan fingerprint density at radius 2 is 2.24 bits per heavy atom. The largest absolute Gasteiger partial charge is 0.271 e. The SMILES string of the molecule is NNC(c1cc(F)ccc1Br)C1CCCc2cccnc21. The van der Waals surface area contributed by atoms with Crippen molar-refractivity contribution in [3.05, 3.63) is 63.6 Å². The summed E-state index contributed by atoms with van der Waals surface area (Å²) in [7, 11) is 0. The molecule has 5 heteroatoms. The molecule has 0 spiro atoms. The summed E-state index contributed by atoms with van der Waals surface area (Å²) in [5.74, 6) is 5.68. The Morgan fingerprint density at radius 3 is 3.05 bits per heavy atom. The third kappa shape index (κ3) is 2.86. The van der Waals surface area contributed by atoms with Crippen molar-refractivity contribution >= 4 is 15.9 Å². The number of pyridine rings is 1. The lowest BCUT2D eigenvalue weighted by Crippen LogP contribution is -2.34. The highest BCUT2D eigenvalue weighted by atomic mass is 79.9. The Labute approximate surface area is 131 Å². The van der Waals surface area contributed by atoms with Crippen LogP contribution in [0.3, 0.4) is 0 Å². The van der Waals surface area contributed by atoms with Crippen LogP contribution in [0.2, 0.25) is 0 Å². The Bertz CT molecular complexity index is 647. The number of nitrogens with zero attached hydrogens (tertiary/aromatic N) is 1. The number of hydrogen-bond acceptors (Lipinski definition) is 3. The first kappa shape index (κ1) is 14.6. The van der Waals surface area contributed by atoms with E-state index in [1.54, 1.807) is 6.07 Å². The number of hydrazine groups is 1. The number of fused-ring (bicyclic) bond motifs is 1. The van der Waals surface area contributed by atoms with E-state index in [0.29, 0.717) is 0 Å². The molecular formula is C16H17BrFN3. The number of nitrogens with one attached hydrogen (secondary N) is 1. The summed E-state index contributed by atoms with van der Waals surface area (Å²) in [6, 6.07) is 8.61. The predicted octanol–water partition coefficient (Wildman–Crippen LogP) is 3.61. The molecule has 0 radical (unpaired) electrons. The summed E-state index contributed by atoms with van der Waals surface area (Å²) in [4.78, 5) is 4.54. The normalized spacial score (nSPS) is 19.1. The van der Waals surface area contributed by atoms with Crippen molar-refractivity contribution in [3.8, 4) is 0 Å². The lowest BCUT2D eigenvalue weighted by Gasteiger charge is -2.31. The fraction of sp³-hybridized carbons (Fsp3) is 0.312. The Morgan fingerprint density at radius 1 is 1.38 bits per heavy atom. The molecule has 0 bridgehead atoms. The lowest BCUT2D eigenvalue weighted by molar-refractivity contribution is 0.397. The maximum Gasteiger partial charge on any atom is 0.123 e. The fourth-order valence-corrected chi connectivity index (χ4v) is 3.64. The lowest BCUT2D eigenvalue weighted by atomic mass is 9.80. The smallest absolute Gasteiger partial charge is 0.123 e. The molecule has 1 heterocycles. The average molecular weight is 350 g/mol. The van der Waals surface area contributed by atoms with Crippen molar-refractivity contribution in [2.24, 2.45) is 5.84 Å². The molecule has 2 aromatic rings. The van der Waals surface area contributed by atoms with Crippen LogP contribution in [-0.2, 0) is 6.42 Å². The first-order valence-electron chi connectivity index (χ1n) is 7.05. The summed E-state index contributed by atoms with van der Waals surface area (Å²) in [6.45, 7) is 0. The van der Waals surface area contributed by atoms with Gasteiger partial charge >= 0.3 is 0 Å². The fourth-order valence-electron chi connectivity index (χ4n) is 3.15. The summed E-state index contributed by atoms with van der Waals surface area (Å²) in [5, 5.41) is 0. The number of hydrogen-bond donors (Lipinski definition) is 2. The number of benzene rings is 1. The van der Waals surface area contributed by atoms with E-state index in [4.69, 9.17) is 5.84 Å². The van der Waals surface area contributed by atoms with Gasteiger partial charge < -0.3 is 0 Å². The summed E-state index contributed by atoms with van der Waals surface area (Å²) in [6.07, 6.45) is 4.93. The van der Waals surface area contributed by atoms with Gasteiger partial charge in [0, 0.05) is 22.3 Å². The van der Waals surface area contributed by atoms with Crippen molar-refractivity contribution in [2.45, 2.75) is 31.2 Å². The molecule has 110 valence electrons. The molecular weight excluding hydrogens is 333 g/mol. The highest BCUT2D eigenvalue weighted by Gasteiger charge is 2.30. The van der Waals surface area contributed by atoms with E-state index in [0.717, 1.165) is 35.0 Å². The molecule has 0 fully saturated rings. The molecule has 1 aliphatic carbocycles. The molecule has 3 nitrogen and oxygen atoms in total. The van der Waals surface area contributed by atoms with Gasteiger partial charge in [-0.2, -0.15) is 0 Å². The highest BCUT2D eigenvalue weighted by molar-refractivity contribution is 9.10. The van der Waals surface area contributed by atoms with Crippen molar-refractivity contribution in [3.63, 3.8) is 0 Å². The summed E-state index contributed by atoms with van der Waals surface area (Å²) in [5.41, 5.74) is 6.03. The first-order chi connectivity index (χ1) is 10.2. The van der Waals surface area contributed by atoms with E-state index in [9.17, 15) is 4.39 Å². The summed E-state index contributed by atoms with van der Waals surface area (Å²) < 4.78 is 14.5. The van der Waals surface area contributed by atoms with Gasteiger partial charge in [-0.05, 0) is 54.7 Å². The second-order valence-electron chi connectivity index (χ2n) is 5.36. The van der Waals surface area contributed by atoms with Crippen molar-refractivity contribution in [2.75, 3.05) is 0 Å². The van der Waals surface area contributed by atoms with Crippen molar-refractivity contribution in [1.82, 2.24) is 10.4 Å². The maximum absolute atomic E-state index is 13.6. The predicted molar refractivity (Wildman–Crippen MR) is 84.1 cm³/mol. The van der Waals surface area contributed by atoms with Gasteiger partial charge in [0.15, 0.2) is 0 Å². The first-order valence-corrected chi connectivity index (χ1v) is 7.85. The highest BCUT2D eigenvalue weighted by Crippen LogP contribution is 2.40. The molecule has 3 N–H and O–H groups in total. The van der Waals surface area contributed by atoms with Gasteiger partial charge in [0.2, 0.25) is 0 Å². The van der Waals surface area contributed by atoms with Crippen LogP contribution >= 0.6 is 15.9 Å². The average Bonchev–Trinajstić information content (AvgIpc) is 2.51. The van der Waals surface area contributed by atoms with Gasteiger partial charge in [-0.3, -0.25) is 16.3 Å². The zero-order valence-corrected chi connectivity index (χ0v) is 13.1. The third-order valence-corrected chi connectivity index (χ3v) is 4.84. The van der Waals surface area contributed by atoms with Gasteiger partial charge in [0.25, 0.3) is 0 Å². The molecule has 1 aromatic heterocycles. The van der Waals surface area contributed by atoms with E-state index in [1.807, 2.05) is 12.3 Å². The molecule has 1 aliphatic rings. The number of nitrogens with two attached hydrogens (primary N) is 1. The van der Waals surface area contributed by atoms with Gasteiger partial charge in [-0.1, -0.05) is 22.0 Å². The topological polar surface area (TPSA) is 50.9 Å². The van der Waals surface area contributed by atoms with Gasteiger partial charge in [-0.25, -0.2) is 4.39 Å². The van der Waals surface area contributed by atoms with Gasteiger partial charge in [0.05, 0.1) is 6.04 Å². The van der Waals surface area contributed by atoms with Crippen LogP contribution in [0.5, 0.6) is 0 Å². The van der Waals surface area contributed by atoms with Crippen LogP contribution in [0.1, 0.15) is 41.6 Å². The van der Waals surface area contributed by atoms with Crippen LogP contribution in [0.4, 0.5) is 4.39 Å². The van der Waals surface area contributed by atoms with Crippen LogP contribution in [0, 0.1) is 5.82 Å². The zero-order chi connectivity index (χ0) is 14.8. The van der Waals surface area contributed by atoms with E-state index in [1.165, 1.54) is 17.7 Å². The molecule has 3 rings (SSSR count). The van der Waals surface area contributed by atoms with E-state index in [2.05, 4.69) is 32.4 Å². The molecule has 1 aromatic carbocycles. The number of aryl methyl sites for hydroxylation is 1. The zero-order valence-electron chi connectivity index (χ0n) is 11.5. The minimum Gasteiger partial charge on any atom is -0.271 e. The molecule has 21 heavy (non-hydrogen) atoms. The Balaban J connectivity index is 2.03. The van der Waals surface area contributed by atoms with Crippen LogP contribution in [-0.4, -0.2) is 4.98 Å². The van der Waals surface area contributed by atoms with E-state index >= 15 is 0 Å². The van der Waals surface area contributed by atoms with Gasteiger partial charge in [-0.15, -0.1) is 0 Å². The summed E-state index contributed by atoms with van der Waals surface area (Å²) >= 11 is 3.50. The second kappa shape index (κ2) is 6.22. The number of halogens is 2. The Kier molecular flexibility index (Phi) is 4.33. The molecule has 2 unspecified atom stereocenters. The van der Waals surface area contributed by atoms with Crippen LogP contribution in [0.15, 0.2) is 41.0 Å². The molecule has 0 amide bonds. The quantitative estimate of drug-likeness (QED) is 0.657. The Hall–Kier alpha value is -1.30. The molecule has 0 aliphatic heterocycles. The molecule has 0 saturated carbocycles. The molecule has 2 atom stereocenters. The maximum atomic E-state index is 13.6. The minimum absolute atomic E-state index is 0.151. The van der Waals surface area contributed by atoms with Crippen LogP contribution < -0.4 is 11.3 Å². The third-order valence-electron chi connectivity index (χ3n) is 4.11. The van der Waals surface area contributed by atoms with E-state index < -0.39 is 0 Å². The number of aromatic nitrogens is 1. The monoisotopic (exact) mass is 349 g/mol. The van der Waals surface area contributed by atoms with Crippen molar-refractivity contribution in [1.29, 1.82) is 0 Å². The van der Waals surface area contributed by atoms with Crippen molar-refractivity contribution < 1.29 is 4.39 Å². The number of rotatable bonds is 3. The van der Waals surface area contributed by atoms with Crippen LogP contribution in [0.25, 0.3) is 0 Å².